The number of amides is 2. The fraction of sp³-hybridized carbons (Fsp3) is 0.136. The standard InChI is InChI=1S/C22H20N4O/c1-17-9-11-18(12-10-17)13-15-25-22(27)26(20-7-3-2-4-8-20)21-19(16-23)6-5-14-24-21/h2-12,14H,13,15H2,1H3,(H,25,27). The third-order valence-corrected chi connectivity index (χ3v) is 4.15. The normalized spacial score (nSPS) is 10.1. The van der Waals surface area contributed by atoms with Crippen molar-refractivity contribution in [3.05, 3.63) is 89.6 Å². The Morgan fingerprint density at radius 2 is 1.81 bits per heavy atom. The first kappa shape index (κ1) is 18.2. The van der Waals surface area contributed by atoms with Crippen LogP contribution in [0.5, 0.6) is 0 Å². The van der Waals surface area contributed by atoms with Crippen LogP contribution in [0.1, 0.15) is 16.7 Å². The third-order valence-electron chi connectivity index (χ3n) is 4.15. The number of carbonyl (C=O) groups excluding carboxylic acids is 1. The molecular weight excluding hydrogens is 336 g/mol. The predicted octanol–water partition coefficient (Wildman–Crippen LogP) is 4.35. The highest BCUT2D eigenvalue weighted by Crippen LogP contribution is 2.26. The molecule has 27 heavy (non-hydrogen) atoms. The summed E-state index contributed by atoms with van der Waals surface area (Å²) in [5, 5.41) is 12.3. The van der Waals surface area contributed by atoms with Crippen molar-refractivity contribution in [3.63, 3.8) is 0 Å². The van der Waals surface area contributed by atoms with Crippen LogP contribution in [0.3, 0.4) is 0 Å². The molecule has 5 heteroatoms. The Hall–Kier alpha value is -3.65. The van der Waals surface area contributed by atoms with E-state index in [9.17, 15) is 10.1 Å². The molecule has 0 unspecified atom stereocenters. The molecule has 1 N–H and O–H groups in total. The van der Waals surface area contributed by atoms with Gasteiger partial charge in [0, 0.05) is 12.7 Å². The van der Waals surface area contributed by atoms with E-state index in [-0.39, 0.29) is 6.03 Å². The Kier molecular flexibility index (Phi) is 5.80. The maximum atomic E-state index is 12.9. The lowest BCUT2D eigenvalue weighted by molar-refractivity contribution is 0.248. The highest BCUT2D eigenvalue weighted by atomic mass is 16.2. The molecule has 0 aliphatic heterocycles. The van der Waals surface area contributed by atoms with E-state index in [1.807, 2.05) is 37.3 Å². The Labute approximate surface area is 158 Å². The third kappa shape index (κ3) is 4.50. The van der Waals surface area contributed by atoms with Gasteiger partial charge in [0.05, 0.1) is 11.3 Å². The highest BCUT2D eigenvalue weighted by Gasteiger charge is 2.21. The average molecular weight is 356 g/mol. The van der Waals surface area contributed by atoms with Crippen molar-refractivity contribution in [2.45, 2.75) is 13.3 Å². The first-order valence-corrected chi connectivity index (χ1v) is 8.72. The number of anilines is 2. The largest absolute Gasteiger partial charge is 0.337 e. The number of nitriles is 1. The number of para-hydroxylation sites is 1. The van der Waals surface area contributed by atoms with Crippen molar-refractivity contribution in [2.75, 3.05) is 11.4 Å². The molecular formula is C22H20N4O. The molecule has 0 spiro atoms. The monoisotopic (exact) mass is 356 g/mol. The number of carbonyl (C=O) groups is 1. The van der Waals surface area contributed by atoms with Gasteiger partial charge in [0.15, 0.2) is 5.82 Å². The Bertz CT molecular complexity index is 946. The lowest BCUT2D eigenvalue weighted by Crippen LogP contribution is -2.38. The second-order valence-corrected chi connectivity index (χ2v) is 6.12. The van der Waals surface area contributed by atoms with E-state index in [4.69, 9.17) is 0 Å². The summed E-state index contributed by atoms with van der Waals surface area (Å²) in [7, 11) is 0. The molecule has 0 bridgehead atoms. The zero-order valence-electron chi connectivity index (χ0n) is 15.1. The number of aryl methyl sites for hydroxylation is 1. The number of hydrogen-bond acceptors (Lipinski definition) is 3. The Morgan fingerprint density at radius 3 is 2.52 bits per heavy atom. The molecule has 1 aromatic heterocycles. The van der Waals surface area contributed by atoms with Crippen LogP contribution in [0.15, 0.2) is 72.9 Å². The smallest absolute Gasteiger partial charge is 0.327 e. The van der Waals surface area contributed by atoms with Gasteiger partial charge in [-0.15, -0.1) is 0 Å². The minimum Gasteiger partial charge on any atom is -0.337 e. The molecule has 0 saturated heterocycles. The van der Waals surface area contributed by atoms with E-state index in [2.05, 4.69) is 40.6 Å². The molecule has 2 amide bonds. The zero-order valence-corrected chi connectivity index (χ0v) is 15.1. The zero-order chi connectivity index (χ0) is 19.1. The van der Waals surface area contributed by atoms with Gasteiger partial charge >= 0.3 is 6.03 Å². The van der Waals surface area contributed by atoms with Crippen LogP contribution in [0.25, 0.3) is 0 Å². The minimum atomic E-state index is -0.316. The summed E-state index contributed by atoms with van der Waals surface area (Å²) in [6, 6.07) is 22.5. The average Bonchev–Trinajstić information content (AvgIpc) is 2.71. The van der Waals surface area contributed by atoms with E-state index in [0.717, 1.165) is 12.0 Å². The number of pyridine rings is 1. The van der Waals surface area contributed by atoms with Crippen LogP contribution < -0.4 is 10.2 Å². The van der Waals surface area contributed by atoms with E-state index < -0.39 is 0 Å². The number of aromatic nitrogens is 1. The van der Waals surface area contributed by atoms with Crippen LogP contribution in [0.2, 0.25) is 0 Å². The lowest BCUT2D eigenvalue weighted by atomic mass is 10.1. The summed E-state index contributed by atoms with van der Waals surface area (Å²) in [4.78, 5) is 18.6. The quantitative estimate of drug-likeness (QED) is 0.739. The number of urea groups is 1. The van der Waals surface area contributed by atoms with Gasteiger partial charge in [-0.25, -0.2) is 14.7 Å². The molecule has 134 valence electrons. The van der Waals surface area contributed by atoms with Gasteiger partial charge < -0.3 is 5.32 Å². The van der Waals surface area contributed by atoms with Crippen molar-refractivity contribution < 1.29 is 4.79 Å². The fourth-order valence-electron chi connectivity index (χ4n) is 2.72. The van der Waals surface area contributed by atoms with Gasteiger partial charge in [-0.3, -0.25) is 0 Å². The van der Waals surface area contributed by atoms with Gasteiger partial charge in [-0.1, -0.05) is 48.0 Å². The number of rotatable bonds is 5. The lowest BCUT2D eigenvalue weighted by Gasteiger charge is -2.23. The molecule has 2 aromatic carbocycles. The van der Waals surface area contributed by atoms with Gasteiger partial charge in [0.1, 0.15) is 6.07 Å². The summed E-state index contributed by atoms with van der Waals surface area (Å²) >= 11 is 0. The van der Waals surface area contributed by atoms with Gasteiger partial charge in [-0.2, -0.15) is 5.26 Å². The van der Waals surface area contributed by atoms with Crippen molar-refractivity contribution in [2.24, 2.45) is 0 Å². The van der Waals surface area contributed by atoms with Crippen LogP contribution in [0.4, 0.5) is 16.3 Å². The molecule has 0 atom stereocenters. The molecule has 0 aliphatic rings. The van der Waals surface area contributed by atoms with Crippen molar-refractivity contribution in [1.29, 1.82) is 5.26 Å². The van der Waals surface area contributed by atoms with Crippen LogP contribution in [-0.4, -0.2) is 17.6 Å². The molecule has 3 rings (SSSR count). The van der Waals surface area contributed by atoms with Crippen molar-refractivity contribution in [3.8, 4) is 6.07 Å². The maximum Gasteiger partial charge on any atom is 0.327 e. The summed E-state index contributed by atoms with van der Waals surface area (Å²) in [6.07, 6.45) is 2.30. The second kappa shape index (κ2) is 8.63. The molecule has 0 saturated carbocycles. The summed E-state index contributed by atoms with van der Waals surface area (Å²) in [6.45, 7) is 2.53. The number of benzene rings is 2. The topological polar surface area (TPSA) is 69.0 Å². The van der Waals surface area contributed by atoms with Gasteiger partial charge in [0.25, 0.3) is 0 Å². The molecule has 0 fully saturated rings. The molecule has 0 radical (unpaired) electrons. The summed E-state index contributed by atoms with van der Waals surface area (Å²) in [5.74, 6) is 0.319. The van der Waals surface area contributed by atoms with E-state index >= 15 is 0 Å². The van der Waals surface area contributed by atoms with Gasteiger partial charge in [0.2, 0.25) is 0 Å². The van der Waals surface area contributed by atoms with E-state index in [1.165, 1.54) is 10.5 Å². The number of nitrogens with zero attached hydrogens (tertiary/aromatic N) is 3. The number of hydrogen-bond donors (Lipinski definition) is 1. The van der Waals surface area contributed by atoms with Crippen molar-refractivity contribution >= 4 is 17.5 Å². The Balaban J connectivity index is 1.79. The molecule has 5 nitrogen and oxygen atoms in total. The summed E-state index contributed by atoms with van der Waals surface area (Å²) < 4.78 is 0. The summed E-state index contributed by atoms with van der Waals surface area (Å²) in [5.41, 5.74) is 3.36. The minimum absolute atomic E-state index is 0.316. The van der Waals surface area contributed by atoms with E-state index in [0.29, 0.717) is 23.6 Å². The molecule has 1 heterocycles. The molecule has 3 aromatic rings. The van der Waals surface area contributed by atoms with Crippen LogP contribution >= 0.6 is 0 Å². The predicted molar refractivity (Wildman–Crippen MR) is 106 cm³/mol. The molecule has 0 aliphatic carbocycles. The van der Waals surface area contributed by atoms with E-state index in [1.54, 1.807) is 18.3 Å². The maximum absolute atomic E-state index is 12.9. The van der Waals surface area contributed by atoms with Crippen LogP contribution in [0, 0.1) is 18.3 Å². The second-order valence-electron chi connectivity index (χ2n) is 6.12. The van der Waals surface area contributed by atoms with Crippen molar-refractivity contribution in [1.82, 2.24) is 10.3 Å². The Morgan fingerprint density at radius 1 is 1.07 bits per heavy atom. The first-order chi connectivity index (χ1) is 13.2. The SMILES string of the molecule is Cc1ccc(CCNC(=O)N(c2ccccc2)c2ncccc2C#N)cc1. The highest BCUT2D eigenvalue weighted by molar-refractivity contribution is 5.99. The number of nitrogens with one attached hydrogen (secondary N) is 1. The van der Waals surface area contributed by atoms with Crippen LogP contribution in [-0.2, 0) is 6.42 Å². The first-order valence-electron chi connectivity index (χ1n) is 8.72. The fourth-order valence-corrected chi connectivity index (χ4v) is 2.72. The van der Waals surface area contributed by atoms with Gasteiger partial charge in [-0.05, 0) is 43.2 Å².